The maximum absolute atomic E-state index is 12.2. The lowest BCUT2D eigenvalue weighted by atomic mass is 10.2. The average molecular weight is 372 g/mol. The third-order valence-electron chi connectivity index (χ3n) is 2.80. The Morgan fingerprint density at radius 1 is 1.17 bits per heavy atom. The molecular formula is C15H11F3N2O2S2. The van der Waals surface area contributed by atoms with Crippen LogP contribution in [0.5, 0.6) is 5.75 Å². The van der Waals surface area contributed by atoms with E-state index in [4.69, 9.17) is 9.15 Å². The van der Waals surface area contributed by atoms with Gasteiger partial charge in [-0.25, -0.2) is 0 Å². The Morgan fingerprint density at radius 3 is 2.79 bits per heavy atom. The second-order valence-electron chi connectivity index (χ2n) is 4.69. The molecule has 9 heteroatoms. The summed E-state index contributed by atoms with van der Waals surface area (Å²) in [5, 5.41) is 10.2. The molecule has 2 aromatic heterocycles. The topological polar surface area (TPSA) is 48.2 Å². The number of ether oxygens (including phenoxy) is 1. The van der Waals surface area contributed by atoms with E-state index in [9.17, 15) is 13.2 Å². The third kappa shape index (κ3) is 4.75. The molecule has 1 aromatic carbocycles. The van der Waals surface area contributed by atoms with Crippen molar-refractivity contribution in [1.82, 2.24) is 10.2 Å². The maximum Gasteiger partial charge on any atom is 0.422 e. The van der Waals surface area contributed by atoms with Gasteiger partial charge in [0.2, 0.25) is 0 Å². The van der Waals surface area contributed by atoms with Crippen molar-refractivity contribution in [3.8, 4) is 16.5 Å². The normalized spacial score (nSPS) is 11.6. The molecule has 0 bridgehead atoms. The summed E-state index contributed by atoms with van der Waals surface area (Å²) >= 11 is 2.81. The molecule has 0 unspecified atom stereocenters. The Bertz CT molecular complexity index is 788. The van der Waals surface area contributed by atoms with E-state index < -0.39 is 12.8 Å². The Kier molecular flexibility index (Phi) is 5.10. The van der Waals surface area contributed by atoms with Crippen molar-refractivity contribution in [3.63, 3.8) is 0 Å². The van der Waals surface area contributed by atoms with Crippen LogP contribution in [0.2, 0.25) is 0 Å². The summed E-state index contributed by atoms with van der Waals surface area (Å²) in [5.74, 6) is 1.11. The van der Waals surface area contributed by atoms with Crippen LogP contribution in [0.15, 0.2) is 51.4 Å². The van der Waals surface area contributed by atoms with Gasteiger partial charge in [-0.1, -0.05) is 30.0 Å². The molecular weight excluding hydrogens is 361 g/mol. The number of aromatic nitrogens is 2. The number of nitrogens with zero attached hydrogens (tertiary/aromatic N) is 2. The predicted octanol–water partition coefficient (Wildman–Crippen LogP) is 5.03. The highest BCUT2D eigenvalue weighted by atomic mass is 32.2. The zero-order valence-electron chi connectivity index (χ0n) is 12.1. The number of hydrogen-bond acceptors (Lipinski definition) is 6. The molecule has 0 saturated heterocycles. The minimum absolute atomic E-state index is 0.176. The Labute approximate surface area is 143 Å². The minimum atomic E-state index is -4.35. The van der Waals surface area contributed by atoms with E-state index in [-0.39, 0.29) is 5.75 Å². The van der Waals surface area contributed by atoms with Crippen molar-refractivity contribution in [1.29, 1.82) is 0 Å². The van der Waals surface area contributed by atoms with E-state index in [2.05, 4.69) is 10.2 Å². The van der Waals surface area contributed by atoms with E-state index in [0.717, 1.165) is 10.4 Å². The van der Waals surface area contributed by atoms with Crippen molar-refractivity contribution >= 4 is 23.1 Å². The fraction of sp³-hybridized carbons (Fsp3) is 0.200. The maximum atomic E-state index is 12.2. The van der Waals surface area contributed by atoms with Gasteiger partial charge in [0.25, 0.3) is 11.1 Å². The molecule has 0 N–H and O–H groups in total. The largest absolute Gasteiger partial charge is 0.484 e. The van der Waals surface area contributed by atoms with E-state index in [1.54, 1.807) is 18.2 Å². The van der Waals surface area contributed by atoms with E-state index in [0.29, 0.717) is 16.9 Å². The van der Waals surface area contributed by atoms with E-state index in [1.807, 2.05) is 17.5 Å². The number of thioether (sulfide) groups is 1. The lowest BCUT2D eigenvalue weighted by Gasteiger charge is -2.09. The second-order valence-corrected chi connectivity index (χ2v) is 6.56. The van der Waals surface area contributed by atoms with Gasteiger partial charge >= 0.3 is 6.18 Å². The summed E-state index contributed by atoms with van der Waals surface area (Å²) < 4.78 is 46.8. The summed E-state index contributed by atoms with van der Waals surface area (Å²) in [6, 6.07) is 10.3. The van der Waals surface area contributed by atoms with Crippen LogP contribution < -0.4 is 4.74 Å². The second kappa shape index (κ2) is 7.27. The monoisotopic (exact) mass is 372 g/mol. The summed E-state index contributed by atoms with van der Waals surface area (Å²) in [6.07, 6.45) is -4.35. The van der Waals surface area contributed by atoms with Gasteiger partial charge in [0.1, 0.15) is 5.75 Å². The first-order chi connectivity index (χ1) is 11.5. The Hall–Kier alpha value is -2.00. The molecule has 0 fully saturated rings. The molecule has 3 aromatic rings. The molecule has 3 rings (SSSR count). The van der Waals surface area contributed by atoms with Crippen LogP contribution in [-0.4, -0.2) is 23.0 Å². The van der Waals surface area contributed by atoms with Gasteiger partial charge in [-0.2, -0.15) is 13.2 Å². The molecule has 126 valence electrons. The van der Waals surface area contributed by atoms with Gasteiger partial charge in [-0.15, -0.1) is 21.5 Å². The van der Waals surface area contributed by atoms with Gasteiger partial charge in [-0.05, 0) is 29.1 Å². The molecule has 0 atom stereocenters. The van der Waals surface area contributed by atoms with E-state index >= 15 is 0 Å². The summed E-state index contributed by atoms with van der Waals surface area (Å²) in [6.45, 7) is -1.31. The van der Waals surface area contributed by atoms with Crippen LogP contribution in [0.1, 0.15) is 5.56 Å². The summed E-state index contributed by atoms with van der Waals surface area (Å²) in [4.78, 5) is 0.886. The molecule has 0 aliphatic rings. The number of rotatable bonds is 6. The lowest BCUT2D eigenvalue weighted by Crippen LogP contribution is -2.19. The first-order valence-corrected chi connectivity index (χ1v) is 8.65. The smallest absolute Gasteiger partial charge is 0.422 e. The zero-order chi connectivity index (χ0) is 17.0. The van der Waals surface area contributed by atoms with Gasteiger partial charge in [0.15, 0.2) is 6.61 Å². The van der Waals surface area contributed by atoms with Crippen molar-refractivity contribution < 1.29 is 22.3 Å². The third-order valence-corrected chi connectivity index (χ3v) is 4.55. The molecule has 24 heavy (non-hydrogen) atoms. The molecule has 0 spiro atoms. The fourth-order valence-electron chi connectivity index (χ4n) is 1.80. The van der Waals surface area contributed by atoms with Gasteiger partial charge in [-0.3, -0.25) is 0 Å². The van der Waals surface area contributed by atoms with Crippen LogP contribution in [-0.2, 0) is 5.75 Å². The van der Waals surface area contributed by atoms with Crippen molar-refractivity contribution in [2.24, 2.45) is 0 Å². The fourth-order valence-corrected chi connectivity index (χ4v) is 3.15. The highest BCUT2D eigenvalue weighted by Gasteiger charge is 2.28. The molecule has 4 nitrogen and oxygen atoms in total. The predicted molar refractivity (Wildman–Crippen MR) is 85.2 cm³/mol. The summed E-state index contributed by atoms with van der Waals surface area (Å²) in [5.41, 5.74) is 0.801. The van der Waals surface area contributed by atoms with Crippen molar-refractivity contribution in [2.75, 3.05) is 6.61 Å². The van der Waals surface area contributed by atoms with Crippen molar-refractivity contribution in [3.05, 3.63) is 47.3 Å². The highest BCUT2D eigenvalue weighted by molar-refractivity contribution is 7.98. The Morgan fingerprint density at radius 2 is 2.04 bits per heavy atom. The van der Waals surface area contributed by atoms with Gasteiger partial charge in [0.05, 0.1) is 4.88 Å². The van der Waals surface area contributed by atoms with Gasteiger partial charge < -0.3 is 9.15 Å². The first-order valence-electron chi connectivity index (χ1n) is 6.78. The average Bonchev–Trinajstić information content (AvgIpc) is 3.22. The van der Waals surface area contributed by atoms with Crippen LogP contribution in [0.3, 0.4) is 0 Å². The van der Waals surface area contributed by atoms with Gasteiger partial charge in [0, 0.05) is 5.75 Å². The molecule has 0 radical (unpaired) electrons. The Balaban J connectivity index is 1.59. The van der Waals surface area contributed by atoms with Crippen LogP contribution in [0.4, 0.5) is 13.2 Å². The van der Waals surface area contributed by atoms with E-state index in [1.165, 1.54) is 29.2 Å². The quantitative estimate of drug-likeness (QED) is 0.568. The highest BCUT2D eigenvalue weighted by Crippen LogP contribution is 2.29. The SMILES string of the molecule is FC(F)(F)COc1cccc(CSc2nnc(-c3cccs3)o2)c1. The van der Waals surface area contributed by atoms with Crippen LogP contribution in [0, 0.1) is 0 Å². The number of benzene rings is 1. The minimum Gasteiger partial charge on any atom is -0.484 e. The number of halogens is 3. The number of alkyl halides is 3. The summed E-state index contributed by atoms with van der Waals surface area (Å²) in [7, 11) is 0. The molecule has 0 aliphatic heterocycles. The van der Waals surface area contributed by atoms with Crippen LogP contribution >= 0.6 is 23.1 Å². The van der Waals surface area contributed by atoms with Crippen molar-refractivity contribution in [2.45, 2.75) is 17.2 Å². The molecule has 0 amide bonds. The van der Waals surface area contributed by atoms with Crippen LogP contribution in [0.25, 0.3) is 10.8 Å². The molecule has 0 saturated carbocycles. The molecule has 2 heterocycles. The standard InChI is InChI=1S/C15H11F3N2O2S2/c16-15(17,18)9-21-11-4-1-3-10(7-11)8-24-14-20-19-13(22-14)12-5-2-6-23-12/h1-7H,8-9H2. The first kappa shape index (κ1) is 16.8. The molecule has 0 aliphatic carbocycles. The number of hydrogen-bond donors (Lipinski definition) is 0. The lowest BCUT2D eigenvalue weighted by molar-refractivity contribution is -0.153. The zero-order valence-corrected chi connectivity index (χ0v) is 13.7. The number of thiophene rings is 1.